The van der Waals surface area contributed by atoms with Gasteiger partial charge in [0.05, 0.1) is 6.20 Å². The van der Waals surface area contributed by atoms with Crippen LogP contribution in [0.15, 0.2) is 36.7 Å². The molecule has 0 aliphatic heterocycles. The highest BCUT2D eigenvalue weighted by atomic mass is 35.5. The van der Waals surface area contributed by atoms with Gasteiger partial charge in [-0.05, 0) is 43.1 Å². The lowest BCUT2D eigenvalue weighted by atomic mass is 10.1. The first-order valence-corrected chi connectivity index (χ1v) is 6.49. The van der Waals surface area contributed by atoms with Gasteiger partial charge >= 0.3 is 0 Å². The predicted octanol–water partition coefficient (Wildman–Crippen LogP) is 2.97. The Bertz CT molecular complexity index is 507. The van der Waals surface area contributed by atoms with Gasteiger partial charge in [-0.15, -0.1) is 0 Å². The maximum absolute atomic E-state index is 5.98. The Kier molecular flexibility index (Phi) is 4.39. The molecule has 0 radical (unpaired) electrons. The lowest BCUT2D eigenvalue weighted by molar-refractivity contribution is 0.577. The summed E-state index contributed by atoms with van der Waals surface area (Å²) in [6, 6.07) is 8.28. The SMILES string of the molecule is CC(NCCc1cnn(C)c1)c1cccc(Cl)c1. The van der Waals surface area contributed by atoms with Crippen molar-refractivity contribution in [2.24, 2.45) is 7.05 Å². The zero-order valence-electron chi connectivity index (χ0n) is 10.7. The van der Waals surface area contributed by atoms with Crippen molar-refractivity contribution in [3.05, 3.63) is 52.8 Å². The molecule has 1 N–H and O–H groups in total. The molecule has 0 spiro atoms. The first kappa shape index (κ1) is 13.1. The van der Waals surface area contributed by atoms with E-state index in [1.807, 2.05) is 42.3 Å². The topological polar surface area (TPSA) is 29.9 Å². The summed E-state index contributed by atoms with van der Waals surface area (Å²) in [5.74, 6) is 0. The van der Waals surface area contributed by atoms with E-state index < -0.39 is 0 Å². The Balaban J connectivity index is 1.83. The summed E-state index contributed by atoms with van der Waals surface area (Å²) < 4.78 is 1.83. The Labute approximate surface area is 113 Å². The number of aryl methyl sites for hydroxylation is 1. The van der Waals surface area contributed by atoms with Crippen LogP contribution in [-0.2, 0) is 13.5 Å². The minimum atomic E-state index is 0.306. The Morgan fingerprint density at radius 2 is 2.28 bits per heavy atom. The smallest absolute Gasteiger partial charge is 0.0522 e. The van der Waals surface area contributed by atoms with Gasteiger partial charge in [0.15, 0.2) is 0 Å². The van der Waals surface area contributed by atoms with Gasteiger partial charge in [0.25, 0.3) is 0 Å². The summed E-state index contributed by atoms with van der Waals surface area (Å²) in [6.45, 7) is 3.08. The molecule has 1 aromatic carbocycles. The minimum Gasteiger partial charge on any atom is -0.310 e. The number of benzene rings is 1. The van der Waals surface area contributed by atoms with Gasteiger partial charge in [-0.2, -0.15) is 5.10 Å². The molecule has 0 aliphatic rings. The maximum Gasteiger partial charge on any atom is 0.0522 e. The van der Waals surface area contributed by atoms with Gasteiger partial charge in [-0.1, -0.05) is 23.7 Å². The van der Waals surface area contributed by atoms with Crippen molar-refractivity contribution in [1.29, 1.82) is 0 Å². The summed E-state index contributed by atoms with van der Waals surface area (Å²) in [5.41, 5.74) is 2.47. The Morgan fingerprint density at radius 3 is 2.94 bits per heavy atom. The lowest BCUT2D eigenvalue weighted by Crippen LogP contribution is -2.21. The van der Waals surface area contributed by atoms with E-state index in [9.17, 15) is 0 Å². The van der Waals surface area contributed by atoms with E-state index in [1.165, 1.54) is 11.1 Å². The van der Waals surface area contributed by atoms with Crippen LogP contribution >= 0.6 is 11.6 Å². The quantitative estimate of drug-likeness (QED) is 0.899. The second kappa shape index (κ2) is 6.03. The molecule has 3 nitrogen and oxygen atoms in total. The van der Waals surface area contributed by atoms with Crippen molar-refractivity contribution in [3.63, 3.8) is 0 Å². The van der Waals surface area contributed by atoms with Crippen LogP contribution in [-0.4, -0.2) is 16.3 Å². The summed E-state index contributed by atoms with van der Waals surface area (Å²) in [4.78, 5) is 0. The van der Waals surface area contributed by atoms with E-state index in [4.69, 9.17) is 11.6 Å². The number of aromatic nitrogens is 2. The minimum absolute atomic E-state index is 0.306. The first-order chi connectivity index (χ1) is 8.65. The van der Waals surface area contributed by atoms with E-state index in [-0.39, 0.29) is 0 Å². The van der Waals surface area contributed by atoms with Crippen LogP contribution in [0.4, 0.5) is 0 Å². The number of hydrogen-bond acceptors (Lipinski definition) is 2. The third-order valence-corrected chi connectivity index (χ3v) is 3.21. The molecule has 1 aromatic heterocycles. The van der Waals surface area contributed by atoms with Crippen molar-refractivity contribution in [2.75, 3.05) is 6.54 Å². The number of nitrogens with zero attached hydrogens (tertiary/aromatic N) is 2. The normalized spacial score (nSPS) is 12.6. The van der Waals surface area contributed by atoms with Gasteiger partial charge in [0.2, 0.25) is 0 Å². The lowest BCUT2D eigenvalue weighted by Gasteiger charge is -2.14. The molecular formula is C14H18ClN3. The molecule has 0 saturated heterocycles. The van der Waals surface area contributed by atoms with Gasteiger partial charge in [-0.3, -0.25) is 4.68 Å². The second-order valence-corrected chi connectivity index (χ2v) is 4.94. The Morgan fingerprint density at radius 1 is 1.44 bits per heavy atom. The molecule has 96 valence electrons. The van der Waals surface area contributed by atoms with Crippen molar-refractivity contribution in [1.82, 2.24) is 15.1 Å². The van der Waals surface area contributed by atoms with Crippen molar-refractivity contribution in [2.45, 2.75) is 19.4 Å². The van der Waals surface area contributed by atoms with Crippen LogP contribution in [0.1, 0.15) is 24.1 Å². The average Bonchev–Trinajstić information content (AvgIpc) is 2.75. The van der Waals surface area contributed by atoms with E-state index in [0.717, 1.165) is 18.0 Å². The molecule has 1 unspecified atom stereocenters. The van der Waals surface area contributed by atoms with Gasteiger partial charge in [0, 0.05) is 24.3 Å². The van der Waals surface area contributed by atoms with Crippen molar-refractivity contribution < 1.29 is 0 Å². The molecule has 18 heavy (non-hydrogen) atoms. The molecule has 0 aliphatic carbocycles. The van der Waals surface area contributed by atoms with Crippen molar-refractivity contribution in [3.8, 4) is 0 Å². The van der Waals surface area contributed by atoms with Crippen LogP contribution in [0, 0.1) is 0 Å². The summed E-state index contributed by atoms with van der Waals surface area (Å²) in [7, 11) is 1.94. The molecule has 0 bridgehead atoms. The number of hydrogen-bond donors (Lipinski definition) is 1. The standard InChI is InChI=1S/C14H18ClN3/c1-11(13-4-3-5-14(15)8-13)16-7-6-12-9-17-18(2)10-12/h3-5,8-11,16H,6-7H2,1-2H3. The zero-order valence-corrected chi connectivity index (χ0v) is 11.5. The summed E-state index contributed by atoms with van der Waals surface area (Å²) in [5, 5.41) is 8.43. The monoisotopic (exact) mass is 263 g/mol. The van der Waals surface area contributed by atoms with Gasteiger partial charge in [-0.25, -0.2) is 0 Å². The fraction of sp³-hybridized carbons (Fsp3) is 0.357. The molecule has 0 amide bonds. The second-order valence-electron chi connectivity index (χ2n) is 4.50. The highest BCUT2D eigenvalue weighted by molar-refractivity contribution is 6.30. The molecule has 1 atom stereocenters. The third-order valence-electron chi connectivity index (χ3n) is 2.97. The van der Waals surface area contributed by atoms with Crippen LogP contribution in [0.3, 0.4) is 0 Å². The molecule has 2 rings (SSSR count). The first-order valence-electron chi connectivity index (χ1n) is 6.11. The average molecular weight is 264 g/mol. The number of halogens is 1. The zero-order chi connectivity index (χ0) is 13.0. The molecule has 4 heteroatoms. The number of rotatable bonds is 5. The summed E-state index contributed by atoms with van der Waals surface area (Å²) in [6.07, 6.45) is 4.94. The van der Waals surface area contributed by atoms with Crippen LogP contribution in [0.5, 0.6) is 0 Å². The van der Waals surface area contributed by atoms with Gasteiger partial charge in [0.1, 0.15) is 0 Å². The fourth-order valence-electron chi connectivity index (χ4n) is 1.93. The molecule has 0 fully saturated rings. The van der Waals surface area contributed by atoms with Crippen LogP contribution in [0.2, 0.25) is 5.02 Å². The van der Waals surface area contributed by atoms with Gasteiger partial charge < -0.3 is 5.32 Å². The largest absolute Gasteiger partial charge is 0.310 e. The van der Waals surface area contributed by atoms with Crippen LogP contribution < -0.4 is 5.32 Å². The molecule has 2 aromatic rings. The third kappa shape index (κ3) is 3.59. The van der Waals surface area contributed by atoms with E-state index >= 15 is 0 Å². The molecular weight excluding hydrogens is 246 g/mol. The highest BCUT2D eigenvalue weighted by Crippen LogP contribution is 2.17. The summed E-state index contributed by atoms with van der Waals surface area (Å²) >= 11 is 5.98. The Hall–Kier alpha value is -1.32. The maximum atomic E-state index is 5.98. The number of nitrogens with one attached hydrogen (secondary N) is 1. The highest BCUT2D eigenvalue weighted by Gasteiger charge is 2.05. The molecule has 1 heterocycles. The van der Waals surface area contributed by atoms with E-state index in [1.54, 1.807) is 0 Å². The van der Waals surface area contributed by atoms with E-state index in [0.29, 0.717) is 6.04 Å². The van der Waals surface area contributed by atoms with Crippen molar-refractivity contribution >= 4 is 11.6 Å². The predicted molar refractivity (Wildman–Crippen MR) is 74.8 cm³/mol. The molecule has 0 saturated carbocycles. The fourth-order valence-corrected chi connectivity index (χ4v) is 2.13. The van der Waals surface area contributed by atoms with Crippen LogP contribution in [0.25, 0.3) is 0 Å². The van der Waals surface area contributed by atoms with E-state index in [2.05, 4.69) is 23.4 Å².